The average molecular weight is 343 g/mol. The highest BCUT2D eigenvalue weighted by molar-refractivity contribution is 5.78. The Labute approximate surface area is 148 Å². The third-order valence-corrected chi connectivity index (χ3v) is 4.56. The Balaban J connectivity index is 1.46. The van der Waals surface area contributed by atoms with Crippen molar-refractivity contribution in [3.8, 4) is 5.75 Å². The highest BCUT2D eigenvalue weighted by Crippen LogP contribution is 2.34. The maximum Gasteiger partial charge on any atom is 0.249 e. The minimum atomic E-state index is 0.0298. The lowest BCUT2D eigenvalue weighted by atomic mass is 10.0. The van der Waals surface area contributed by atoms with Gasteiger partial charge in [-0.05, 0) is 38.8 Å². The summed E-state index contributed by atoms with van der Waals surface area (Å²) in [6.07, 6.45) is 1.99. The molecular formula is C19H25N3O3. The van der Waals surface area contributed by atoms with Crippen LogP contribution >= 0.6 is 0 Å². The minimum absolute atomic E-state index is 0.0298. The van der Waals surface area contributed by atoms with Gasteiger partial charge in [0.05, 0.1) is 18.3 Å². The molecule has 1 saturated heterocycles. The lowest BCUT2D eigenvalue weighted by Crippen LogP contribution is -2.34. The molecule has 6 heteroatoms. The van der Waals surface area contributed by atoms with Gasteiger partial charge in [0.25, 0.3) is 0 Å². The van der Waals surface area contributed by atoms with Crippen LogP contribution in [-0.2, 0) is 9.53 Å². The van der Waals surface area contributed by atoms with Crippen LogP contribution in [0.3, 0.4) is 0 Å². The van der Waals surface area contributed by atoms with Gasteiger partial charge in [0.15, 0.2) is 0 Å². The number of ether oxygens (including phenoxy) is 2. The lowest BCUT2D eigenvalue weighted by molar-refractivity contribution is -0.137. The second-order valence-corrected chi connectivity index (χ2v) is 6.31. The van der Waals surface area contributed by atoms with Gasteiger partial charge in [0.1, 0.15) is 19.0 Å². The van der Waals surface area contributed by atoms with E-state index in [0.29, 0.717) is 13.2 Å². The molecule has 0 bridgehead atoms. The Morgan fingerprint density at radius 1 is 1.28 bits per heavy atom. The van der Waals surface area contributed by atoms with E-state index in [1.165, 1.54) is 0 Å². The molecule has 2 heterocycles. The lowest BCUT2D eigenvalue weighted by Gasteiger charge is -2.25. The zero-order chi connectivity index (χ0) is 17.6. The number of aromatic amines is 1. The van der Waals surface area contributed by atoms with Crippen molar-refractivity contribution in [2.45, 2.75) is 32.7 Å². The van der Waals surface area contributed by atoms with Gasteiger partial charge >= 0.3 is 0 Å². The van der Waals surface area contributed by atoms with E-state index in [0.717, 1.165) is 42.1 Å². The number of H-pyrrole nitrogens is 1. The Hall–Kier alpha value is -2.34. The molecule has 0 aliphatic carbocycles. The molecular weight excluding hydrogens is 318 g/mol. The van der Waals surface area contributed by atoms with Crippen LogP contribution in [-0.4, -0.2) is 47.4 Å². The number of aryl methyl sites for hydroxylation is 2. The van der Waals surface area contributed by atoms with Crippen LogP contribution in [0.25, 0.3) is 0 Å². The summed E-state index contributed by atoms with van der Waals surface area (Å²) in [5.74, 6) is 0.838. The number of likely N-dealkylation sites (tertiary alicyclic amines) is 1. The number of aromatic nitrogens is 2. The molecule has 1 N–H and O–H groups in total. The molecule has 1 fully saturated rings. The first-order valence-corrected chi connectivity index (χ1v) is 8.73. The van der Waals surface area contributed by atoms with Crippen molar-refractivity contribution >= 4 is 5.91 Å². The van der Waals surface area contributed by atoms with Crippen molar-refractivity contribution < 1.29 is 14.3 Å². The highest BCUT2D eigenvalue weighted by atomic mass is 16.5. The molecule has 1 aliphatic rings. The zero-order valence-electron chi connectivity index (χ0n) is 14.8. The number of benzene rings is 1. The van der Waals surface area contributed by atoms with Gasteiger partial charge in [-0.1, -0.05) is 18.2 Å². The van der Waals surface area contributed by atoms with E-state index in [9.17, 15) is 4.79 Å². The third-order valence-electron chi connectivity index (χ3n) is 4.56. The molecule has 6 nitrogen and oxygen atoms in total. The van der Waals surface area contributed by atoms with Crippen LogP contribution in [0.15, 0.2) is 30.3 Å². The summed E-state index contributed by atoms with van der Waals surface area (Å²) >= 11 is 0. The Morgan fingerprint density at radius 3 is 2.80 bits per heavy atom. The van der Waals surface area contributed by atoms with Crippen LogP contribution in [0, 0.1) is 13.8 Å². The topological polar surface area (TPSA) is 67.5 Å². The van der Waals surface area contributed by atoms with Gasteiger partial charge in [-0.15, -0.1) is 0 Å². The molecule has 1 aliphatic heterocycles. The quantitative estimate of drug-likeness (QED) is 0.785. The van der Waals surface area contributed by atoms with E-state index in [4.69, 9.17) is 9.47 Å². The number of hydrogen-bond donors (Lipinski definition) is 1. The molecule has 0 radical (unpaired) electrons. The van der Waals surface area contributed by atoms with E-state index in [-0.39, 0.29) is 18.6 Å². The molecule has 1 atom stereocenters. The summed E-state index contributed by atoms with van der Waals surface area (Å²) < 4.78 is 11.1. The number of rotatable bonds is 7. The van der Waals surface area contributed by atoms with Gasteiger partial charge in [0.2, 0.25) is 5.91 Å². The van der Waals surface area contributed by atoms with Crippen molar-refractivity contribution in [2.75, 3.05) is 26.4 Å². The van der Waals surface area contributed by atoms with E-state index >= 15 is 0 Å². The van der Waals surface area contributed by atoms with Crippen LogP contribution < -0.4 is 4.74 Å². The largest absolute Gasteiger partial charge is 0.491 e. The number of para-hydroxylation sites is 1. The van der Waals surface area contributed by atoms with Crippen molar-refractivity contribution in [2.24, 2.45) is 0 Å². The molecule has 0 saturated carbocycles. The molecule has 1 amide bonds. The molecule has 25 heavy (non-hydrogen) atoms. The van der Waals surface area contributed by atoms with Gasteiger partial charge in [-0.2, -0.15) is 5.10 Å². The SMILES string of the molecule is Cc1n[nH]c(C)c1[C@@H]1CCCN1C(=O)COCCOc1ccccc1. The minimum Gasteiger partial charge on any atom is -0.491 e. The van der Waals surface area contributed by atoms with E-state index < -0.39 is 0 Å². The van der Waals surface area contributed by atoms with E-state index in [1.807, 2.05) is 49.1 Å². The first-order valence-electron chi connectivity index (χ1n) is 8.73. The standard InChI is InChI=1S/C19H25N3O3/c1-14-19(15(2)21-20-14)17-9-6-10-22(17)18(23)13-24-11-12-25-16-7-4-3-5-8-16/h3-5,7-8,17H,6,9-13H2,1-2H3,(H,20,21)/t17-/m0/s1. The predicted octanol–water partition coefficient (Wildman–Crippen LogP) is 2.79. The molecule has 0 unspecified atom stereocenters. The summed E-state index contributed by atoms with van der Waals surface area (Å²) in [5, 5.41) is 7.27. The number of carbonyl (C=O) groups excluding carboxylic acids is 1. The monoisotopic (exact) mass is 343 g/mol. The molecule has 2 aromatic rings. The average Bonchev–Trinajstić information content (AvgIpc) is 3.21. The summed E-state index contributed by atoms with van der Waals surface area (Å²) in [4.78, 5) is 14.5. The second kappa shape index (κ2) is 8.16. The Bertz CT molecular complexity index is 680. The van der Waals surface area contributed by atoms with Crippen LogP contribution in [0.1, 0.15) is 35.8 Å². The Kier molecular flexibility index (Phi) is 5.71. The highest BCUT2D eigenvalue weighted by Gasteiger charge is 2.32. The van der Waals surface area contributed by atoms with Crippen molar-refractivity contribution in [1.29, 1.82) is 0 Å². The van der Waals surface area contributed by atoms with E-state index in [2.05, 4.69) is 10.2 Å². The van der Waals surface area contributed by atoms with E-state index in [1.54, 1.807) is 0 Å². The van der Waals surface area contributed by atoms with Gasteiger partial charge in [0, 0.05) is 17.8 Å². The summed E-state index contributed by atoms with van der Waals surface area (Å²) in [7, 11) is 0. The van der Waals surface area contributed by atoms with Gasteiger partial charge < -0.3 is 14.4 Å². The van der Waals surface area contributed by atoms with Crippen LogP contribution in [0.5, 0.6) is 5.75 Å². The zero-order valence-corrected chi connectivity index (χ0v) is 14.8. The number of nitrogens with zero attached hydrogens (tertiary/aromatic N) is 2. The maximum absolute atomic E-state index is 12.5. The fourth-order valence-electron chi connectivity index (χ4n) is 3.39. The maximum atomic E-state index is 12.5. The predicted molar refractivity (Wildman–Crippen MR) is 94.5 cm³/mol. The van der Waals surface area contributed by atoms with Crippen molar-refractivity contribution in [3.05, 3.63) is 47.3 Å². The molecule has 134 valence electrons. The fourth-order valence-corrected chi connectivity index (χ4v) is 3.39. The third kappa shape index (κ3) is 4.20. The first kappa shape index (κ1) is 17.5. The molecule has 1 aromatic heterocycles. The number of hydrogen-bond acceptors (Lipinski definition) is 4. The smallest absolute Gasteiger partial charge is 0.249 e. The number of nitrogens with one attached hydrogen (secondary N) is 1. The van der Waals surface area contributed by atoms with Crippen molar-refractivity contribution in [1.82, 2.24) is 15.1 Å². The fraction of sp³-hybridized carbons (Fsp3) is 0.474. The van der Waals surface area contributed by atoms with Gasteiger partial charge in [-0.3, -0.25) is 9.89 Å². The number of amides is 1. The van der Waals surface area contributed by atoms with Gasteiger partial charge in [-0.25, -0.2) is 0 Å². The number of carbonyl (C=O) groups is 1. The molecule has 3 rings (SSSR count). The summed E-state index contributed by atoms with van der Waals surface area (Å²) in [5.41, 5.74) is 3.16. The molecule has 0 spiro atoms. The van der Waals surface area contributed by atoms with Crippen LogP contribution in [0.4, 0.5) is 0 Å². The normalized spacial score (nSPS) is 17.0. The van der Waals surface area contributed by atoms with Crippen LogP contribution in [0.2, 0.25) is 0 Å². The van der Waals surface area contributed by atoms with Crippen molar-refractivity contribution in [3.63, 3.8) is 0 Å². The molecule has 1 aromatic carbocycles. The summed E-state index contributed by atoms with van der Waals surface area (Å²) in [6.45, 7) is 5.68. The second-order valence-electron chi connectivity index (χ2n) is 6.31. The Morgan fingerprint density at radius 2 is 2.08 bits per heavy atom. The summed E-state index contributed by atoms with van der Waals surface area (Å²) in [6, 6.07) is 9.69. The first-order chi connectivity index (χ1) is 12.2.